The Morgan fingerprint density at radius 2 is 1.79 bits per heavy atom. The minimum absolute atomic E-state index is 0.248. The van der Waals surface area contributed by atoms with Gasteiger partial charge in [-0.25, -0.2) is 5.48 Å². The van der Waals surface area contributed by atoms with Crippen LogP contribution in [0.25, 0.3) is 0 Å². The first-order chi connectivity index (χ1) is 9.22. The molecule has 19 heavy (non-hydrogen) atoms. The topological polar surface area (TPSA) is 50.8 Å². The number of hydrogen-bond donors (Lipinski definition) is 1. The van der Waals surface area contributed by atoms with Crippen LogP contribution in [0.4, 0.5) is 5.69 Å². The zero-order chi connectivity index (χ0) is 14.1. The van der Waals surface area contributed by atoms with E-state index in [9.17, 15) is 4.79 Å². The average Bonchev–Trinajstić information content (AvgIpc) is 2.45. The van der Waals surface area contributed by atoms with Crippen molar-refractivity contribution in [1.29, 1.82) is 0 Å². The molecule has 0 fully saturated rings. The molecule has 0 unspecified atom stereocenters. The Morgan fingerprint density at radius 3 is 2.32 bits per heavy atom. The van der Waals surface area contributed by atoms with Crippen LogP contribution in [0.1, 0.15) is 24.2 Å². The molecular weight excluding hydrogens is 244 g/mol. The maximum absolute atomic E-state index is 11.7. The number of hydroxylamine groups is 1. The Labute approximate surface area is 114 Å². The molecule has 1 aromatic carbocycles. The summed E-state index contributed by atoms with van der Waals surface area (Å²) in [6.07, 6.45) is 0. The quantitative estimate of drug-likeness (QED) is 0.576. The lowest BCUT2D eigenvalue weighted by Crippen LogP contribution is -2.25. The highest BCUT2D eigenvalue weighted by Gasteiger charge is 2.07. The van der Waals surface area contributed by atoms with Crippen LogP contribution in [0, 0.1) is 0 Å². The van der Waals surface area contributed by atoms with Gasteiger partial charge in [0.2, 0.25) is 0 Å². The summed E-state index contributed by atoms with van der Waals surface area (Å²) in [5.74, 6) is -0.248. The third kappa shape index (κ3) is 4.89. The minimum Gasteiger partial charge on any atom is -0.382 e. The van der Waals surface area contributed by atoms with Crippen molar-refractivity contribution in [3.8, 4) is 0 Å². The fraction of sp³-hybridized carbons (Fsp3) is 0.500. The highest BCUT2D eigenvalue weighted by molar-refractivity contribution is 5.93. The van der Waals surface area contributed by atoms with Gasteiger partial charge in [-0.3, -0.25) is 9.63 Å². The molecule has 0 bridgehead atoms. The lowest BCUT2D eigenvalue weighted by Gasteiger charge is -2.21. The van der Waals surface area contributed by atoms with Crippen LogP contribution >= 0.6 is 0 Å². The number of carbonyl (C=O) groups is 1. The van der Waals surface area contributed by atoms with Gasteiger partial charge in [0.1, 0.15) is 0 Å². The average molecular weight is 266 g/mol. The molecule has 1 aromatic rings. The van der Waals surface area contributed by atoms with Gasteiger partial charge < -0.3 is 9.64 Å². The maximum Gasteiger partial charge on any atom is 0.274 e. The van der Waals surface area contributed by atoms with E-state index >= 15 is 0 Å². The Kier molecular flexibility index (Phi) is 6.92. The number of amides is 1. The Bertz CT molecular complexity index is 375. The van der Waals surface area contributed by atoms with E-state index in [0.717, 1.165) is 18.8 Å². The maximum atomic E-state index is 11.7. The zero-order valence-electron chi connectivity index (χ0n) is 11.8. The van der Waals surface area contributed by atoms with Gasteiger partial charge in [-0.05, 0) is 38.1 Å². The second-order valence-electron chi connectivity index (χ2n) is 3.99. The second-order valence-corrected chi connectivity index (χ2v) is 3.99. The summed E-state index contributed by atoms with van der Waals surface area (Å²) in [5.41, 5.74) is 4.07. The van der Waals surface area contributed by atoms with E-state index in [0.29, 0.717) is 18.8 Å². The van der Waals surface area contributed by atoms with E-state index in [1.807, 2.05) is 12.1 Å². The third-order valence-electron chi connectivity index (χ3n) is 2.81. The van der Waals surface area contributed by atoms with Gasteiger partial charge in [-0.15, -0.1) is 0 Å². The molecule has 0 aliphatic heterocycles. The van der Waals surface area contributed by atoms with Crippen molar-refractivity contribution in [2.45, 2.75) is 13.8 Å². The SMILES string of the molecule is CCN(CC)c1ccc(C(=O)NOCCOC)cc1. The summed E-state index contributed by atoms with van der Waals surface area (Å²) in [5, 5.41) is 0. The molecule has 0 saturated heterocycles. The van der Waals surface area contributed by atoms with Crippen LogP contribution in [0.2, 0.25) is 0 Å². The molecule has 0 atom stereocenters. The molecule has 0 aliphatic carbocycles. The number of rotatable bonds is 8. The molecule has 0 radical (unpaired) electrons. The molecule has 0 saturated carbocycles. The number of anilines is 1. The van der Waals surface area contributed by atoms with Gasteiger partial charge in [-0.2, -0.15) is 0 Å². The second kappa shape index (κ2) is 8.50. The van der Waals surface area contributed by atoms with Gasteiger partial charge in [0.15, 0.2) is 0 Å². The van der Waals surface area contributed by atoms with Crippen molar-refractivity contribution in [1.82, 2.24) is 5.48 Å². The number of nitrogens with one attached hydrogen (secondary N) is 1. The normalized spacial score (nSPS) is 10.3. The first kappa shape index (κ1) is 15.5. The first-order valence-corrected chi connectivity index (χ1v) is 6.49. The van der Waals surface area contributed by atoms with E-state index in [1.54, 1.807) is 19.2 Å². The van der Waals surface area contributed by atoms with Crippen molar-refractivity contribution in [3.05, 3.63) is 29.8 Å². The lowest BCUT2D eigenvalue weighted by atomic mass is 10.2. The van der Waals surface area contributed by atoms with E-state index < -0.39 is 0 Å². The fourth-order valence-electron chi connectivity index (χ4n) is 1.71. The highest BCUT2D eigenvalue weighted by Crippen LogP contribution is 2.14. The molecule has 106 valence electrons. The summed E-state index contributed by atoms with van der Waals surface area (Å²) in [7, 11) is 1.58. The smallest absolute Gasteiger partial charge is 0.274 e. The fourth-order valence-corrected chi connectivity index (χ4v) is 1.71. The Hall–Kier alpha value is -1.59. The van der Waals surface area contributed by atoms with E-state index in [-0.39, 0.29) is 5.91 Å². The summed E-state index contributed by atoms with van der Waals surface area (Å²) in [6.45, 7) is 6.88. The molecule has 0 aromatic heterocycles. The lowest BCUT2D eigenvalue weighted by molar-refractivity contribution is 0.00889. The number of hydrogen-bond acceptors (Lipinski definition) is 4. The largest absolute Gasteiger partial charge is 0.382 e. The predicted octanol–water partition coefficient (Wildman–Crippen LogP) is 1.84. The van der Waals surface area contributed by atoms with Crippen molar-refractivity contribution in [2.24, 2.45) is 0 Å². The molecule has 5 nitrogen and oxygen atoms in total. The Morgan fingerprint density at radius 1 is 1.16 bits per heavy atom. The van der Waals surface area contributed by atoms with Crippen LogP contribution in [0.3, 0.4) is 0 Å². The monoisotopic (exact) mass is 266 g/mol. The summed E-state index contributed by atoms with van der Waals surface area (Å²) in [4.78, 5) is 18.9. The summed E-state index contributed by atoms with van der Waals surface area (Å²) < 4.78 is 4.81. The van der Waals surface area contributed by atoms with Gasteiger partial charge in [0, 0.05) is 31.5 Å². The summed E-state index contributed by atoms with van der Waals surface area (Å²) in [6, 6.07) is 7.47. The molecule has 0 heterocycles. The molecule has 0 aliphatic rings. The van der Waals surface area contributed by atoms with Gasteiger partial charge in [0.25, 0.3) is 5.91 Å². The number of benzene rings is 1. The van der Waals surface area contributed by atoms with Crippen LogP contribution in [-0.4, -0.2) is 39.3 Å². The van der Waals surface area contributed by atoms with Crippen LogP contribution in [-0.2, 0) is 9.57 Å². The number of methoxy groups -OCH3 is 1. The zero-order valence-corrected chi connectivity index (χ0v) is 11.8. The molecule has 1 N–H and O–H groups in total. The summed E-state index contributed by atoms with van der Waals surface area (Å²) >= 11 is 0. The molecule has 1 rings (SSSR count). The van der Waals surface area contributed by atoms with E-state index in [2.05, 4.69) is 24.2 Å². The van der Waals surface area contributed by atoms with Gasteiger partial charge in [-0.1, -0.05) is 0 Å². The number of carbonyl (C=O) groups excluding carboxylic acids is 1. The van der Waals surface area contributed by atoms with E-state index in [1.165, 1.54) is 0 Å². The van der Waals surface area contributed by atoms with Crippen LogP contribution in [0.5, 0.6) is 0 Å². The van der Waals surface area contributed by atoms with Crippen molar-refractivity contribution in [3.63, 3.8) is 0 Å². The van der Waals surface area contributed by atoms with Crippen molar-refractivity contribution >= 4 is 11.6 Å². The minimum atomic E-state index is -0.248. The van der Waals surface area contributed by atoms with Gasteiger partial charge in [0.05, 0.1) is 13.2 Å². The van der Waals surface area contributed by atoms with Crippen LogP contribution < -0.4 is 10.4 Å². The predicted molar refractivity (Wildman–Crippen MR) is 75.3 cm³/mol. The molecule has 1 amide bonds. The van der Waals surface area contributed by atoms with E-state index in [4.69, 9.17) is 9.57 Å². The van der Waals surface area contributed by atoms with Gasteiger partial charge >= 0.3 is 0 Å². The van der Waals surface area contributed by atoms with Crippen molar-refractivity contribution < 1.29 is 14.4 Å². The number of nitrogens with zero attached hydrogens (tertiary/aromatic N) is 1. The molecular formula is C14H22N2O3. The highest BCUT2D eigenvalue weighted by atomic mass is 16.7. The first-order valence-electron chi connectivity index (χ1n) is 6.49. The molecule has 0 spiro atoms. The Balaban J connectivity index is 2.53. The number of ether oxygens (including phenoxy) is 1. The van der Waals surface area contributed by atoms with Crippen molar-refractivity contribution in [2.75, 3.05) is 38.3 Å². The van der Waals surface area contributed by atoms with Crippen LogP contribution in [0.15, 0.2) is 24.3 Å². The third-order valence-corrected chi connectivity index (χ3v) is 2.81. The standard InChI is InChI=1S/C14H22N2O3/c1-4-16(5-2)13-8-6-12(7-9-13)14(17)15-19-11-10-18-3/h6-9H,4-5,10-11H2,1-3H3,(H,15,17). The molecule has 5 heteroatoms.